The minimum atomic E-state index is -1.20. The maximum atomic E-state index is 10.2. The molecule has 0 bridgehead atoms. The summed E-state index contributed by atoms with van der Waals surface area (Å²) in [6.45, 7) is 0. The summed E-state index contributed by atoms with van der Waals surface area (Å²) in [5.41, 5.74) is -0.209. The predicted molar refractivity (Wildman–Crippen MR) is 31.7 cm³/mol. The van der Waals surface area contributed by atoms with Gasteiger partial charge >= 0.3 is 5.97 Å². The number of hydrogen-bond donors (Lipinski definition) is 2. The van der Waals surface area contributed by atoms with E-state index < -0.39 is 11.8 Å². The summed E-state index contributed by atoms with van der Waals surface area (Å²) in [7, 11) is 0. The van der Waals surface area contributed by atoms with E-state index in [9.17, 15) is 4.79 Å². The number of carboxylic acid groups (broad SMARTS) is 1. The Morgan fingerprint density at radius 3 is 2.64 bits per heavy atom. The molecule has 0 aromatic carbocycles. The number of rotatable bonds is 1. The number of pyridine rings is 1. The molecule has 1 aromatic rings. The van der Waals surface area contributed by atoms with E-state index in [2.05, 4.69) is 11.2 Å². The molecule has 0 aliphatic carbocycles. The first-order valence-corrected chi connectivity index (χ1v) is 2.51. The number of carboxylic acids is 1. The van der Waals surface area contributed by atoms with Gasteiger partial charge in [-0.15, -0.1) is 6.07 Å². The third-order valence-electron chi connectivity index (χ3n) is 0.966. The fourth-order valence-corrected chi connectivity index (χ4v) is 0.521. The van der Waals surface area contributed by atoms with E-state index in [1.54, 1.807) is 0 Å². The molecular formula is C6H4NO3Re-. The first-order valence-electron chi connectivity index (χ1n) is 2.51. The number of aromatic carboxylic acids is 1. The Morgan fingerprint density at radius 2 is 2.27 bits per heavy atom. The monoisotopic (exact) mass is 325 g/mol. The smallest absolute Gasteiger partial charge is 0.316 e. The second-order valence-electron chi connectivity index (χ2n) is 1.62. The van der Waals surface area contributed by atoms with Gasteiger partial charge in [-0.3, -0.25) is 0 Å². The van der Waals surface area contributed by atoms with E-state index in [1.807, 2.05) is 0 Å². The average Bonchev–Trinajstić information content (AvgIpc) is 1.88. The van der Waals surface area contributed by atoms with Crippen molar-refractivity contribution in [3.63, 3.8) is 0 Å². The maximum absolute atomic E-state index is 10.2. The third-order valence-corrected chi connectivity index (χ3v) is 0.966. The quantitative estimate of drug-likeness (QED) is 0.728. The van der Waals surface area contributed by atoms with E-state index in [1.165, 1.54) is 12.1 Å². The van der Waals surface area contributed by atoms with Crippen LogP contribution in [0.3, 0.4) is 0 Å². The molecule has 1 aromatic heterocycles. The van der Waals surface area contributed by atoms with Crippen LogP contribution < -0.4 is 0 Å². The van der Waals surface area contributed by atoms with Crippen LogP contribution in [-0.2, 0) is 20.4 Å². The largest absolute Gasteiger partial charge is 0.550 e. The fraction of sp³-hybridized carbons (Fsp3) is 0. The van der Waals surface area contributed by atoms with Crippen LogP contribution in [0, 0.1) is 6.20 Å². The Bertz CT molecular complexity index is 264. The van der Waals surface area contributed by atoms with Crippen molar-refractivity contribution < 1.29 is 35.4 Å². The minimum Gasteiger partial charge on any atom is -0.550 e. The summed E-state index contributed by atoms with van der Waals surface area (Å²) >= 11 is 0. The fourth-order valence-electron chi connectivity index (χ4n) is 0.521. The summed E-state index contributed by atoms with van der Waals surface area (Å²) in [6.07, 6.45) is 2.29. The summed E-state index contributed by atoms with van der Waals surface area (Å²) in [6, 6.07) is 2.55. The Morgan fingerprint density at radius 1 is 1.64 bits per heavy atom. The number of nitrogens with zero attached hydrogens (tertiary/aromatic N) is 1. The van der Waals surface area contributed by atoms with Crippen molar-refractivity contribution in [1.29, 1.82) is 0 Å². The summed E-state index contributed by atoms with van der Waals surface area (Å²) in [5.74, 6) is -1.70. The van der Waals surface area contributed by atoms with Crippen LogP contribution in [0.4, 0.5) is 0 Å². The second kappa shape index (κ2) is 4.06. The Hall–Kier alpha value is -0.918. The zero-order valence-corrected chi connectivity index (χ0v) is 8.00. The molecule has 1 rings (SSSR count). The van der Waals surface area contributed by atoms with E-state index >= 15 is 0 Å². The van der Waals surface area contributed by atoms with Crippen molar-refractivity contribution in [1.82, 2.24) is 4.98 Å². The zero-order valence-electron chi connectivity index (χ0n) is 5.28. The molecule has 0 atom stereocenters. The molecule has 0 fully saturated rings. The minimum absolute atomic E-state index is 0. The number of hydrogen-bond acceptors (Lipinski definition) is 3. The van der Waals surface area contributed by atoms with Gasteiger partial charge in [-0.05, 0) is 0 Å². The molecule has 0 aliphatic heterocycles. The van der Waals surface area contributed by atoms with Crippen LogP contribution in [0.25, 0.3) is 0 Å². The van der Waals surface area contributed by atoms with Crippen LogP contribution in [0.5, 0.6) is 5.88 Å². The van der Waals surface area contributed by atoms with Crippen molar-refractivity contribution in [3.8, 4) is 5.88 Å². The van der Waals surface area contributed by atoms with E-state index in [-0.39, 0.29) is 26.0 Å². The van der Waals surface area contributed by atoms with E-state index in [0.717, 1.165) is 0 Å². The molecule has 0 saturated carbocycles. The van der Waals surface area contributed by atoms with Crippen LogP contribution >= 0.6 is 0 Å². The molecule has 0 aliphatic rings. The molecule has 59 valence electrons. The van der Waals surface area contributed by atoms with E-state index in [4.69, 9.17) is 10.2 Å². The molecule has 0 spiro atoms. The van der Waals surface area contributed by atoms with Gasteiger partial charge < -0.3 is 15.2 Å². The van der Waals surface area contributed by atoms with Gasteiger partial charge in [-0.1, -0.05) is 6.20 Å². The average molecular weight is 324 g/mol. The molecule has 11 heavy (non-hydrogen) atoms. The molecule has 0 unspecified atom stereocenters. The van der Waals surface area contributed by atoms with Crippen molar-refractivity contribution in [3.05, 3.63) is 23.9 Å². The molecule has 0 saturated heterocycles. The van der Waals surface area contributed by atoms with Gasteiger partial charge in [-0.2, -0.15) is 6.07 Å². The van der Waals surface area contributed by atoms with Crippen LogP contribution in [0.2, 0.25) is 0 Å². The first-order chi connectivity index (χ1) is 4.72. The van der Waals surface area contributed by atoms with Gasteiger partial charge in [0.1, 0.15) is 5.88 Å². The Labute approximate surface area is 76.5 Å². The summed E-state index contributed by atoms with van der Waals surface area (Å²) in [4.78, 5) is 13.5. The van der Waals surface area contributed by atoms with Crippen LogP contribution in [0.1, 0.15) is 10.4 Å². The van der Waals surface area contributed by atoms with Gasteiger partial charge in [0.15, 0.2) is 0 Å². The molecule has 2 N–H and O–H groups in total. The molecule has 5 heteroatoms. The Balaban J connectivity index is 0.000001000. The van der Waals surface area contributed by atoms with Crippen LogP contribution in [0.15, 0.2) is 12.1 Å². The predicted octanol–water partition coefficient (Wildman–Crippen LogP) is 0.283. The third kappa shape index (κ3) is 2.30. The number of aromatic hydroxyl groups is 1. The zero-order chi connectivity index (χ0) is 7.56. The van der Waals surface area contributed by atoms with Gasteiger partial charge in [0.2, 0.25) is 0 Å². The molecule has 1 radical (unpaired) electrons. The van der Waals surface area contributed by atoms with Crippen molar-refractivity contribution in [2.45, 2.75) is 0 Å². The molecule has 0 amide bonds. The van der Waals surface area contributed by atoms with Gasteiger partial charge in [0.25, 0.3) is 0 Å². The maximum Gasteiger partial charge on any atom is 0.316 e. The van der Waals surface area contributed by atoms with Crippen molar-refractivity contribution in [2.24, 2.45) is 0 Å². The normalized spacial score (nSPS) is 8.36. The van der Waals surface area contributed by atoms with Crippen molar-refractivity contribution >= 4 is 5.97 Å². The molecule has 1 heterocycles. The van der Waals surface area contributed by atoms with Gasteiger partial charge in [-0.25, -0.2) is 4.79 Å². The standard InChI is InChI=1S/C6H4NO3.Re/c8-5-4(6(9)10)2-1-3-7-5;/h1-2H,(H,7,8)(H,9,10);/q-1;. The van der Waals surface area contributed by atoms with Crippen LogP contribution in [-0.4, -0.2) is 21.2 Å². The Kier molecular flexibility index (Phi) is 3.73. The van der Waals surface area contributed by atoms with Gasteiger partial charge in [0, 0.05) is 26.0 Å². The van der Waals surface area contributed by atoms with Crippen molar-refractivity contribution in [2.75, 3.05) is 0 Å². The first kappa shape index (κ1) is 10.1. The summed E-state index contributed by atoms with van der Waals surface area (Å²) in [5, 5.41) is 17.1. The van der Waals surface area contributed by atoms with E-state index in [0.29, 0.717) is 0 Å². The topological polar surface area (TPSA) is 70.4 Å². The SMILES string of the molecule is O=C(O)c1cc[c-]nc1O.[Re]. The number of carbonyl (C=O) groups is 1. The van der Waals surface area contributed by atoms with Gasteiger partial charge in [0.05, 0.1) is 0 Å². The molecular weight excluding hydrogens is 320 g/mol. The summed E-state index contributed by atoms with van der Waals surface area (Å²) < 4.78 is 0. The number of aromatic nitrogens is 1. The second-order valence-corrected chi connectivity index (χ2v) is 1.62. The molecule has 4 nitrogen and oxygen atoms in total.